The second kappa shape index (κ2) is 4.21. The van der Waals surface area contributed by atoms with Gasteiger partial charge in [-0.2, -0.15) is 14.4 Å². The van der Waals surface area contributed by atoms with Gasteiger partial charge in [0.25, 0.3) is 0 Å². The van der Waals surface area contributed by atoms with Gasteiger partial charge in [0, 0.05) is 0 Å². The number of nitrogens with zero attached hydrogens (tertiary/aromatic N) is 4. The Balaban J connectivity index is 2.10. The number of hydrogen-bond donors (Lipinski definition) is 2. The summed E-state index contributed by atoms with van der Waals surface area (Å²) in [6, 6.07) is 0. The van der Waals surface area contributed by atoms with E-state index in [1.807, 2.05) is 0 Å². The Labute approximate surface area is 105 Å². The van der Waals surface area contributed by atoms with Crippen LogP contribution in [0, 0.1) is 6.08 Å². The van der Waals surface area contributed by atoms with Crippen LogP contribution in [0.25, 0.3) is 11.2 Å². The maximum absolute atomic E-state index is 13.7. The lowest BCUT2D eigenvalue weighted by molar-refractivity contribution is -0.0174. The van der Waals surface area contributed by atoms with Gasteiger partial charge in [-0.25, -0.2) is 9.37 Å². The van der Waals surface area contributed by atoms with Gasteiger partial charge in [-0.15, -0.1) is 0 Å². The predicted molar refractivity (Wildman–Crippen MR) is 59.9 cm³/mol. The van der Waals surface area contributed by atoms with Crippen LogP contribution >= 0.6 is 0 Å². The maximum Gasteiger partial charge on any atom is 0.312 e. The van der Waals surface area contributed by atoms with Gasteiger partial charge in [-0.05, 0) is 6.08 Å². The number of imidazole rings is 1. The third-order valence-electron chi connectivity index (χ3n) is 2.74. The molecule has 0 spiro atoms. The number of nitrogen functional groups attached to an aromatic ring is 1. The second-order valence-corrected chi connectivity index (χ2v) is 3.96. The lowest BCUT2D eigenvalue weighted by Crippen LogP contribution is -2.16. The van der Waals surface area contributed by atoms with Crippen molar-refractivity contribution < 1.29 is 18.6 Å². The number of fused-ring (bicyclic) bond motifs is 1. The van der Waals surface area contributed by atoms with Crippen LogP contribution in [0.4, 0.5) is 14.6 Å². The van der Waals surface area contributed by atoms with Gasteiger partial charge in [0.15, 0.2) is 23.2 Å². The van der Waals surface area contributed by atoms with Crippen LogP contribution in [-0.4, -0.2) is 37.3 Å². The van der Waals surface area contributed by atoms with Crippen molar-refractivity contribution in [3.05, 3.63) is 24.3 Å². The smallest absolute Gasteiger partial charge is 0.312 e. The number of aliphatic hydroxyl groups excluding tert-OH is 1. The SMILES string of the molecule is Nc1nc(F)nc2c1ncn2[C@H]1O[C@@H](CO)C=C1F. The monoisotopic (exact) mass is 269 g/mol. The fourth-order valence-electron chi connectivity index (χ4n) is 1.91. The molecule has 3 rings (SSSR count). The maximum atomic E-state index is 13.7. The average molecular weight is 269 g/mol. The number of rotatable bonds is 2. The molecule has 0 saturated heterocycles. The van der Waals surface area contributed by atoms with E-state index in [4.69, 9.17) is 15.6 Å². The number of aromatic nitrogens is 4. The van der Waals surface area contributed by atoms with E-state index in [0.717, 1.165) is 6.08 Å². The van der Waals surface area contributed by atoms with Crippen molar-refractivity contribution in [1.29, 1.82) is 0 Å². The van der Waals surface area contributed by atoms with Crippen molar-refractivity contribution in [3.8, 4) is 0 Å². The summed E-state index contributed by atoms with van der Waals surface area (Å²) in [4.78, 5) is 10.8. The standard InChI is InChI=1S/C10H9F2N5O2/c11-5-1-4(2-18)19-9(5)17-3-14-6-7(13)15-10(12)16-8(6)17/h1,3-4,9,18H,2H2,(H2,13,15,16)/t4-,9+/m1/s1. The Hall–Kier alpha value is -2.13. The molecule has 2 aromatic rings. The molecule has 19 heavy (non-hydrogen) atoms. The fraction of sp³-hybridized carbons (Fsp3) is 0.300. The number of hydrogen-bond acceptors (Lipinski definition) is 6. The van der Waals surface area contributed by atoms with Crippen molar-refractivity contribution in [3.63, 3.8) is 0 Å². The van der Waals surface area contributed by atoms with E-state index in [1.54, 1.807) is 0 Å². The molecule has 9 heteroatoms. The Morgan fingerprint density at radius 3 is 2.89 bits per heavy atom. The predicted octanol–water partition coefficient (Wildman–Crippen LogP) is 0.291. The third kappa shape index (κ3) is 1.83. The Bertz CT molecular complexity index is 671. The zero-order chi connectivity index (χ0) is 13.6. The molecule has 0 radical (unpaired) electrons. The van der Waals surface area contributed by atoms with Crippen LogP contribution in [0.1, 0.15) is 6.23 Å². The minimum Gasteiger partial charge on any atom is -0.393 e. The molecule has 1 aliphatic heterocycles. The first-order valence-electron chi connectivity index (χ1n) is 5.39. The van der Waals surface area contributed by atoms with Crippen LogP contribution in [0.15, 0.2) is 18.2 Å². The van der Waals surface area contributed by atoms with Gasteiger partial charge in [0.1, 0.15) is 11.9 Å². The highest BCUT2D eigenvalue weighted by atomic mass is 19.1. The molecule has 0 aromatic carbocycles. The van der Waals surface area contributed by atoms with Crippen LogP contribution < -0.4 is 5.73 Å². The van der Waals surface area contributed by atoms with Crippen molar-refractivity contribution in [2.24, 2.45) is 0 Å². The number of nitrogens with two attached hydrogens (primary N) is 1. The zero-order valence-electron chi connectivity index (χ0n) is 9.49. The lowest BCUT2D eigenvalue weighted by atomic mass is 10.3. The van der Waals surface area contributed by atoms with E-state index in [-0.39, 0.29) is 23.6 Å². The van der Waals surface area contributed by atoms with E-state index in [0.29, 0.717) is 0 Å². The van der Waals surface area contributed by atoms with Gasteiger partial charge in [0.05, 0.1) is 12.9 Å². The fourth-order valence-corrected chi connectivity index (χ4v) is 1.91. The molecule has 3 N–H and O–H groups in total. The van der Waals surface area contributed by atoms with E-state index in [1.165, 1.54) is 10.9 Å². The molecular formula is C10H9F2N5O2. The van der Waals surface area contributed by atoms with E-state index in [9.17, 15) is 8.78 Å². The van der Waals surface area contributed by atoms with Gasteiger partial charge < -0.3 is 15.6 Å². The lowest BCUT2D eigenvalue weighted by Gasteiger charge is -2.14. The normalized spacial score (nSPS) is 23.0. The van der Waals surface area contributed by atoms with Gasteiger partial charge in [-0.1, -0.05) is 0 Å². The van der Waals surface area contributed by atoms with Crippen molar-refractivity contribution in [1.82, 2.24) is 19.5 Å². The summed E-state index contributed by atoms with van der Waals surface area (Å²) in [7, 11) is 0. The molecule has 2 atom stereocenters. The summed E-state index contributed by atoms with van der Waals surface area (Å²) in [5.74, 6) is -0.752. The largest absolute Gasteiger partial charge is 0.393 e. The van der Waals surface area contributed by atoms with E-state index < -0.39 is 24.2 Å². The molecule has 3 heterocycles. The first-order chi connectivity index (χ1) is 9.10. The van der Waals surface area contributed by atoms with Gasteiger partial charge >= 0.3 is 6.08 Å². The zero-order valence-corrected chi connectivity index (χ0v) is 9.49. The topological polar surface area (TPSA) is 99.1 Å². The van der Waals surface area contributed by atoms with Crippen LogP contribution in [0.3, 0.4) is 0 Å². The quantitative estimate of drug-likeness (QED) is 0.760. The first kappa shape index (κ1) is 11.9. The molecule has 0 amide bonds. The highest BCUT2D eigenvalue weighted by molar-refractivity contribution is 5.81. The van der Waals surface area contributed by atoms with Crippen molar-refractivity contribution in [2.75, 3.05) is 12.3 Å². The van der Waals surface area contributed by atoms with Gasteiger partial charge in [0.2, 0.25) is 0 Å². The number of ether oxygens (including phenoxy) is 1. The summed E-state index contributed by atoms with van der Waals surface area (Å²) in [6.07, 6.45) is -0.570. The highest BCUT2D eigenvalue weighted by Gasteiger charge is 2.30. The Morgan fingerprint density at radius 2 is 2.21 bits per heavy atom. The summed E-state index contributed by atoms with van der Waals surface area (Å²) < 4.78 is 33.3. The Morgan fingerprint density at radius 1 is 1.42 bits per heavy atom. The highest BCUT2D eigenvalue weighted by Crippen LogP contribution is 2.32. The van der Waals surface area contributed by atoms with E-state index >= 15 is 0 Å². The summed E-state index contributed by atoms with van der Waals surface area (Å²) in [6.45, 7) is -0.359. The van der Waals surface area contributed by atoms with Gasteiger partial charge in [-0.3, -0.25) is 4.57 Å². The Kier molecular flexibility index (Phi) is 2.64. The third-order valence-corrected chi connectivity index (χ3v) is 2.74. The molecule has 0 aliphatic carbocycles. The average Bonchev–Trinajstić information content (AvgIpc) is 2.92. The van der Waals surface area contributed by atoms with Crippen LogP contribution in [0.2, 0.25) is 0 Å². The first-order valence-corrected chi connectivity index (χ1v) is 5.39. The van der Waals surface area contributed by atoms with E-state index in [2.05, 4.69) is 15.0 Å². The minimum atomic E-state index is -1.14. The summed E-state index contributed by atoms with van der Waals surface area (Å²) in [5, 5.41) is 8.93. The molecule has 0 unspecified atom stereocenters. The molecule has 7 nitrogen and oxygen atoms in total. The molecular weight excluding hydrogens is 260 g/mol. The molecule has 0 saturated carbocycles. The molecule has 2 aromatic heterocycles. The van der Waals surface area contributed by atoms with Crippen LogP contribution in [0.5, 0.6) is 0 Å². The van der Waals surface area contributed by atoms with Crippen LogP contribution in [-0.2, 0) is 4.74 Å². The second-order valence-electron chi connectivity index (χ2n) is 3.96. The molecule has 100 valence electrons. The summed E-state index contributed by atoms with van der Waals surface area (Å²) >= 11 is 0. The minimum absolute atomic E-state index is 0.0251. The number of aliphatic hydroxyl groups is 1. The summed E-state index contributed by atoms with van der Waals surface area (Å²) in [5.41, 5.74) is 5.68. The molecule has 1 aliphatic rings. The molecule has 0 bridgehead atoms. The van der Waals surface area contributed by atoms with Crippen molar-refractivity contribution in [2.45, 2.75) is 12.3 Å². The molecule has 0 fully saturated rings. The number of anilines is 1. The number of halogens is 2. The van der Waals surface area contributed by atoms with Crippen molar-refractivity contribution >= 4 is 17.0 Å².